The summed E-state index contributed by atoms with van der Waals surface area (Å²) in [5.74, 6) is 0. The third-order valence-corrected chi connectivity index (χ3v) is 4.05. The lowest BCUT2D eigenvalue weighted by Gasteiger charge is -2.20. The van der Waals surface area contributed by atoms with Crippen LogP contribution in [0, 0.1) is 0 Å². The Morgan fingerprint density at radius 1 is 1.21 bits per heavy atom. The number of alkyl halides is 1. The summed E-state index contributed by atoms with van der Waals surface area (Å²) >= 11 is 6.67. The van der Waals surface area contributed by atoms with Crippen LogP contribution in [-0.4, -0.2) is 11.3 Å². The molecule has 2 rings (SSSR count). The lowest BCUT2D eigenvalue weighted by molar-refractivity contribution is 0.102. The molecule has 0 saturated heterocycles. The molecule has 0 radical (unpaired) electrons. The minimum Gasteiger partial charge on any atom is -0.385 e. The number of fused-ring (bicyclic) bond motifs is 1. The van der Waals surface area contributed by atoms with Crippen LogP contribution in [0.1, 0.15) is 17.2 Å². The molecule has 0 bridgehead atoms. The maximum Gasteiger partial charge on any atom is 0.149 e. The van der Waals surface area contributed by atoms with Crippen LogP contribution in [-0.2, 0) is 0 Å². The van der Waals surface area contributed by atoms with E-state index >= 15 is 0 Å². The first-order chi connectivity index (χ1) is 6.59. The third-order valence-electron chi connectivity index (χ3n) is 2.21. The summed E-state index contributed by atoms with van der Waals surface area (Å²) < 4.78 is 14.8. The summed E-state index contributed by atoms with van der Waals surface area (Å²) in [7, 11) is 0. The monoisotopic (exact) mass is 320 g/mol. The zero-order valence-corrected chi connectivity index (χ0v) is 10.2. The zero-order valence-electron chi connectivity index (χ0n) is 7.05. The van der Waals surface area contributed by atoms with E-state index in [9.17, 15) is 9.50 Å². The van der Waals surface area contributed by atoms with Gasteiger partial charge in [-0.15, -0.1) is 0 Å². The van der Waals surface area contributed by atoms with Gasteiger partial charge in [0.25, 0.3) is 0 Å². The first kappa shape index (κ1) is 10.3. The molecule has 0 heterocycles. The van der Waals surface area contributed by atoms with Crippen LogP contribution in [0.25, 0.3) is 6.08 Å². The van der Waals surface area contributed by atoms with Crippen molar-refractivity contribution in [2.75, 3.05) is 0 Å². The maximum absolute atomic E-state index is 13.1. The van der Waals surface area contributed by atoms with E-state index in [1.807, 2.05) is 6.07 Å². The third kappa shape index (κ3) is 1.66. The van der Waals surface area contributed by atoms with Crippen molar-refractivity contribution in [3.8, 4) is 0 Å². The molecular formula is C10H7Br2FO. The van der Waals surface area contributed by atoms with E-state index in [2.05, 4.69) is 31.9 Å². The Hall–Kier alpha value is -0.190. The summed E-state index contributed by atoms with van der Waals surface area (Å²) in [4.78, 5) is 0. The standard InChI is InChI=1S/C10H7Br2FO/c11-7-3-5-1-2-9(13)10(14)6(5)4-8(7)12/h1-4,9-10,14H/t9-,10-/m1/s1. The van der Waals surface area contributed by atoms with Crippen LogP contribution < -0.4 is 0 Å². The second kappa shape index (κ2) is 3.76. The molecule has 1 aromatic rings. The normalized spacial score (nSPS) is 24.9. The Morgan fingerprint density at radius 2 is 1.86 bits per heavy atom. The van der Waals surface area contributed by atoms with Gasteiger partial charge >= 0.3 is 0 Å². The topological polar surface area (TPSA) is 20.2 Å². The first-order valence-electron chi connectivity index (χ1n) is 4.09. The molecule has 1 N–H and O–H groups in total. The second-order valence-electron chi connectivity index (χ2n) is 3.14. The molecule has 0 amide bonds. The van der Waals surface area contributed by atoms with Crippen molar-refractivity contribution in [2.45, 2.75) is 12.3 Å². The Bertz CT molecular complexity index is 403. The molecule has 1 aliphatic carbocycles. The zero-order chi connectivity index (χ0) is 10.3. The molecule has 0 spiro atoms. The van der Waals surface area contributed by atoms with Gasteiger partial charge in [-0.3, -0.25) is 0 Å². The maximum atomic E-state index is 13.1. The molecule has 1 nitrogen and oxygen atoms in total. The smallest absolute Gasteiger partial charge is 0.149 e. The number of benzene rings is 1. The van der Waals surface area contributed by atoms with E-state index in [1.54, 1.807) is 12.1 Å². The fraction of sp³-hybridized carbons (Fsp3) is 0.200. The molecule has 4 heteroatoms. The largest absolute Gasteiger partial charge is 0.385 e. The highest BCUT2D eigenvalue weighted by Gasteiger charge is 2.24. The number of rotatable bonds is 0. The molecule has 0 fully saturated rings. The highest BCUT2D eigenvalue weighted by molar-refractivity contribution is 9.13. The van der Waals surface area contributed by atoms with E-state index in [1.165, 1.54) is 6.08 Å². The fourth-order valence-corrected chi connectivity index (χ4v) is 2.17. The number of hydrogen-bond donors (Lipinski definition) is 1. The quantitative estimate of drug-likeness (QED) is 0.774. The van der Waals surface area contributed by atoms with Crippen LogP contribution in [0.3, 0.4) is 0 Å². The van der Waals surface area contributed by atoms with Gasteiger partial charge in [-0.1, -0.05) is 6.08 Å². The van der Waals surface area contributed by atoms with Crippen molar-refractivity contribution in [3.63, 3.8) is 0 Å². The van der Waals surface area contributed by atoms with Crippen molar-refractivity contribution in [3.05, 3.63) is 38.3 Å². The molecule has 0 unspecified atom stereocenters. The summed E-state index contributed by atoms with van der Waals surface area (Å²) in [5, 5.41) is 9.58. The lowest BCUT2D eigenvalue weighted by Crippen LogP contribution is -2.15. The highest BCUT2D eigenvalue weighted by atomic mass is 79.9. The van der Waals surface area contributed by atoms with Gasteiger partial charge < -0.3 is 5.11 Å². The minimum atomic E-state index is -1.31. The van der Waals surface area contributed by atoms with Crippen molar-refractivity contribution in [1.29, 1.82) is 0 Å². The van der Waals surface area contributed by atoms with Gasteiger partial charge in [0, 0.05) is 8.95 Å². The average molecular weight is 322 g/mol. The van der Waals surface area contributed by atoms with Crippen molar-refractivity contribution in [1.82, 2.24) is 0 Å². The second-order valence-corrected chi connectivity index (χ2v) is 4.85. The average Bonchev–Trinajstić information content (AvgIpc) is 2.15. The summed E-state index contributed by atoms with van der Waals surface area (Å²) in [6.07, 6.45) is 0.687. The highest BCUT2D eigenvalue weighted by Crippen LogP contribution is 2.35. The molecule has 74 valence electrons. The number of aliphatic hydroxyl groups excluding tert-OH is 1. The number of halogens is 3. The molecule has 1 aliphatic rings. The fourth-order valence-electron chi connectivity index (χ4n) is 1.45. The predicted octanol–water partition coefficient (Wildman–Crippen LogP) is 3.61. The molecule has 0 saturated carbocycles. The van der Waals surface area contributed by atoms with Gasteiger partial charge in [-0.2, -0.15) is 0 Å². The molecular weight excluding hydrogens is 315 g/mol. The molecule has 2 atom stereocenters. The summed E-state index contributed by atoms with van der Waals surface area (Å²) in [6.45, 7) is 0. The predicted molar refractivity (Wildman–Crippen MR) is 60.7 cm³/mol. The molecule has 0 aromatic heterocycles. The SMILES string of the molecule is O[C@@H]1c2cc(Br)c(Br)cc2C=C[C@H]1F. The van der Waals surface area contributed by atoms with Crippen LogP contribution >= 0.6 is 31.9 Å². The van der Waals surface area contributed by atoms with Crippen LogP contribution in [0.2, 0.25) is 0 Å². The Balaban J connectivity index is 2.58. The molecule has 0 aliphatic heterocycles. The number of aliphatic hydroxyl groups is 1. The minimum absolute atomic E-state index is 0.620. The van der Waals surface area contributed by atoms with Gasteiger partial charge in [0.2, 0.25) is 0 Å². The van der Waals surface area contributed by atoms with Crippen molar-refractivity contribution >= 4 is 37.9 Å². The molecule has 1 aromatic carbocycles. The molecule has 14 heavy (non-hydrogen) atoms. The Labute approximate surface area is 97.9 Å². The Kier molecular flexibility index (Phi) is 2.77. The van der Waals surface area contributed by atoms with Crippen LogP contribution in [0.4, 0.5) is 4.39 Å². The van der Waals surface area contributed by atoms with Gasteiger partial charge in [0.05, 0.1) is 0 Å². The van der Waals surface area contributed by atoms with E-state index in [0.29, 0.717) is 5.56 Å². The van der Waals surface area contributed by atoms with Gasteiger partial charge in [0.1, 0.15) is 12.3 Å². The van der Waals surface area contributed by atoms with Crippen molar-refractivity contribution < 1.29 is 9.50 Å². The van der Waals surface area contributed by atoms with Crippen molar-refractivity contribution in [2.24, 2.45) is 0 Å². The van der Waals surface area contributed by atoms with E-state index < -0.39 is 12.3 Å². The number of hydrogen-bond acceptors (Lipinski definition) is 1. The summed E-state index contributed by atoms with van der Waals surface area (Å²) in [5.41, 5.74) is 1.47. The lowest BCUT2D eigenvalue weighted by atomic mass is 9.94. The summed E-state index contributed by atoms with van der Waals surface area (Å²) in [6, 6.07) is 3.59. The van der Waals surface area contributed by atoms with Crippen LogP contribution in [0.5, 0.6) is 0 Å². The van der Waals surface area contributed by atoms with Gasteiger partial charge in [-0.25, -0.2) is 4.39 Å². The van der Waals surface area contributed by atoms with Crippen LogP contribution in [0.15, 0.2) is 27.2 Å². The van der Waals surface area contributed by atoms with E-state index in [0.717, 1.165) is 14.5 Å². The van der Waals surface area contributed by atoms with E-state index in [4.69, 9.17) is 0 Å². The first-order valence-corrected chi connectivity index (χ1v) is 5.67. The van der Waals surface area contributed by atoms with Gasteiger partial charge in [-0.05, 0) is 61.2 Å². The van der Waals surface area contributed by atoms with E-state index in [-0.39, 0.29) is 0 Å². The Morgan fingerprint density at radius 3 is 2.57 bits per heavy atom. The van der Waals surface area contributed by atoms with Gasteiger partial charge in [0.15, 0.2) is 0 Å².